The molecule has 6 N–H and O–H groups in total. The molecule has 2 aromatic heterocycles. The van der Waals surface area contributed by atoms with Gasteiger partial charge in [-0.25, -0.2) is 19.6 Å². The number of H-pyrrole nitrogens is 2. The van der Waals surface area contributed by atoms with E-state index >= 15 is 0 Å². The lowest BCUT2D eigenvalue weighted by Crippen LogP contribution is -2.51. The minimum absolute atomic E-state index is 0.114. The third-order valence-electron chi connectivity index (χ3n) is 11.9. The molecule has 0 aliphatic carbocycles. The molecule has 2 fully saturated rings. The number of benzene rings is 3. The molecule has 0 radical (unpaired) electrons. The van der Waals surface area contributed by atoms with Crippen LogP contribution in [0.25, 0.3) is 33.6 Å². The number of ether oxygens (including phenoxy) is 2. The van der Waals surface area contributed by atoms with Crippen LogP contribution in [0.1, 0.15) is 88.2 Å². The van der Waals surface area contributed by atoms with E-state index < -0.39 is 23.8 Å². The van der Waals surface area contributed by atoms with E-state index in [1.807, 2.05) is 62.4 Å². The second kappa shape index (κ2) is 19.0. The lowest BCUT2D eigenvalue weighted by molar-refractivity contribution is -0.150. The van der Waals surface area contributed by atoms with E-state index in [4.69, 9.17) is 20.2 Å². The van der Waals surface area contributed by atoms with Crippen LogP contribution in [0.3, 0.4) is 0 Å². The molecule has 4 heterocycles. The van der Waals surface area contributed by atoms with Crippen LogP contribution in [0.2, 0.25) is 0 Å². The summed E-state index contributed by atoms with van der Waals surface area (Å²) in [6.07, 6.45) is 5.04. The Bertz CT molecular complexity index is 2430. The van der Waals surface area contributed by atoms with Gasteiger partial charge < -0.3 is 45.6 Å². The Morgan fingerprint density at radius 3 is 1.76 bits per heavy atom. The Balaban J connectivity index is 0.997. The van der Waals surface area contributed by atoms with Crippen molar-refractivity contribution in [3.63, 3.8) is 0 Å². The highest BCUT2D eigenvalue weighted by Crippen LogP contribution is 2.36. The quantitative estimate of drug-likeness (QED) is 0.0814. The van der Waals surface area contributed by atoms with E-state index in [1.54, 1.807) is 29.1 Å². The first-order chi connectivity index (χ1) is 30.2. The van der Waals surface area contributed by atoms with Crippen LogP contribution >= 0.6 is 0 Å². The first-order valence-electron chi connectivity index (χ1n) is 21.3. The van der Waals surface area contributed by atoms with Crippen molar-refractivity contribution >= 4 is 29.9 Å². The summed E-state index contributed by atoms with van der Waals surface area (Å²) in [5.41, 5.74) is 11.2. The fraction of sp³-hybridized carbons (Fsp3) is 0.383. The second-order valence-electron chi connectivity index (χ2n) is 16.8. The van der Waals surface area contributed by atoms with E-state index in [-0.39, 0.29) is 42.1 Å². The molecule has 3 aromatic carbocycles. The molecule has 2 aliphatic heterocycles. The summed E-state index contributed by atoms with van der Waals surface area (Å²) in [5.74, 6) is 0.595. The number of carbonyl (C=O) groups excluding carboxylic acids is 5. The molecule has 5 amide bonds. The molecular weight excluding hydrogens is 803 g/mol. The third-order valence-corrected chi connectivity index (χ3v) is 11.9. The van der Waals surface area contributed by atoms with Gasteiger partial charge in [0.05, 0.1) is 43.0 Å². The number of hydrogen-bond donors (Lipinski definition) is 5. The number of primary amides is 1. The number of hydrogen-bond acceptors (Lipinski definition) is 9. The standard InChI is InChI=1S/C47H55N9O7/c1-28(2)40(54-46(61)62-5)43(58)55-22-6-8-38(55)41-50-26-36(52-41)34-18-14-32(15-19-34)33-16-20-35(21-17-33)37-27-51-42(53-37)39-9-7-23-56(39)44(59)47(4,63-45(48)60)24-30-10-12-31(13-11-30)25-49-29(3)57/h10-21,26-28,38-40H,6-9,22-25H2,1-5H3,(H2,48,60)(H,49,57)(H,50,52)(H,51,53)(H,54,61)/t38-,39-,40-,47-/m0/s1. The van der Waals surface area contributed by atoms with Gasteiger partial charge in [0.1, 0.15) is 17.7 Å². The smallest absolute Gasteiger partial charge is 0.407 e. The summed E-state index contributed by atoms with van der Waals surface area (Å²) < 4.78 is 10.3. The van der Waals surface area contributed by atoms with Gasteiger partial charge in [0, 0.05) is 33.0 Å². The Kier molecular flexibility index (Phi) is 13.3. The fourth-order valence-electron chi connectivity index (χ4n) is 8.55. The van der Waals surface area contributed by atoms with Crippen LogP contribution < -0.4 is 16.4 Å². The van der Waals surface area contributed by atoms with Crippen LogP contribution in [0.5, 0.6) is 0 Å². The predicted octanol–water partition coefficient (Wildman–Crippen LogP) is 6.57. The topological polar surface area (TPSA) is 218 Å². The van der Waals surface area contributed by atoms with Gasteiger partial charge in [-0.3, -0.25) is 14.4 Å². The minimum atomic E-state index is -1.55. The van der Waals surface area contributed by atoms with Crippen LogP contribution in [0, 0.1) is 5.92 Å². The number of alkyl carbamates (subject to hydrolysis) is 1. The average Bonchev–Trinajstić information content (AvgIpc) is 4.12. The maximum atomic E-state index is 14.2. The van der Waals surface area contributed by atoms with Gasteiger partial charge in [-0.05, 0) is 71.9 Å². The molecule has 0 bridgehead atoms. The molecule has 16 heteroatoms. The van der Waals surface area contributed by atoms with E-state index in [0.717, 1.165) is 64.0 Å². The molecule has 5 aromatic rings. The highest BCUT2D eigenvalue weighted by molar-refractivity contribution is 5.88. The number of imidazole rings is 2. The molecule has 330 valence electrons. The number of nitrogens with one attached hydrogen (secondary N) is 4. The number of aromatic nitrogens is 4. The summed E-state index contributed by atoms with van der Waals surface area (Å²) in [4.78, 5) is 83.0. The highest BCUT2D eigenvalue weighted by Gasteiger charge is 2.45. The Hall–Kier alpha value is -6.97. The number of rotatable bonds is 14. The van der Waals surface area contributed by atoms with Crippen molar-refractivity contribution in [2.24, 2.45) is 11.7 Å². The van der Waals surface area contributed by atoms with Crippen molar-refractivity contribution in [2.45, 2.75) is 90.1 Å². The first-order valence-corrected chi connectivity index (χ1v) is 21.3. The van der Waals surface area contributed by atoms with Gasteiger partial charge in [-0.15, -0.1) is 0 Å². The number of nitrogens with two attached hydrogens (primary N) is 1. The largest absolute Gasteiger partial charge is 0.453 e. The number of amides is 5. The number of carbonyl (C=O) groups is 5. The SMILES string of the molecule is COC(=O)N[C@H](C(=O)N1CCC[C@H]1c1ncc(-c2ccc(-c3ccc(-c4cnc([C@@H]5CCCN5C(=O)[C@](C)(Cc5ccc(CNC(C)=O)cc5)OC(N)=O)[nH]4)cc3)cc2)[nH]1)C(C)C. The number of nitrogens with zero attached hydrogens (tertiary/aromatic N) is 4. The normalized spacial score (nSPS) is 17.6. The van der Waals surface area contributed by atoms with Crippen molar-refractivity contribution < 1.29 is 33.4 Å². The van der Waals surface area contributed by atoms with E-state index in [1.165, 1.54) is 14.0 Å². The zero-order chi connectivity index (χ0) is 44.8. The predicted molar refractivity (Wildman–Crippen MR) is 235 cm³/mol. The van der Waals surface area contributed by atoms with Crippen molar-refractivity contribution in [3.8, 4) is 33.6 Å². The van der Waals surface area contributed by atoms with Gasteiger partial charge in [0.25, 0.3) is 5.91 Å². The Morgan fingerprint density at radius 1 is 0.778 bits per heavy atom. The van der Waals surface area contributed by atoms with E-state index in [0.29, 0.717) is 37.7 Å². The van der Waals surface area contributed by atoms with Gasteiger partial charge in [-0.2, -0.15) is 0 Å². The minimum Gasteiger partial charge on any atom is -0.453 e. The van der Waals surface area contributed by atoms with Gasteiger partial charge >= 0.3 is 12.2 Å². The second-order valence-corrected chi connectivity index (χ2v) is 16.8. The van der Waals surface area contributed by atoms with Crippen LogP contribution in [-0.4, -0.2) is 91.5 Å². The monoisotopic (exact) mass is 857 g/mol. The molecule has 4 atom stereocenters. The zero-order valence-corrected chi connectivity index (χ0v) is 36.3. The van der Waals surface area contributed by atoms with Crippen molar-refractivity contribution in [2.75, 3.05) is 20.2 Å². The molecule has 0 spiro atoms. The van der Waals surface area contributed by atoms with Gasteiger partial charge in [-0.1, -0.05) is 86.6 Å². The lowest BCUT2D eigenvalue weighted by atomic mass is 9.93. The summed E-state index contributed by atoms with van der Waals surface area (Å²) in [6, 6.07) is 22.5. The third kappa shape index (κ3) is 10.1. The number of likely N-dealkylation sites (tertiary alicyclic amines) is 2. The molecule has 63 heavy (non-hydrogen) atoms. The molecule has 16 nitrogen and oxygen atoms in total. The molecule has 0 saturated carbocycles. The van der Waals surface area contributed by atoms with Crippen LogP contribution in [-0.2, 0) is 36.8 Å². The van der Waals surface area contributed by atoms with Crippen LogP contribution in [0.4, 0.5) is 9.59 Å². The summed E-state index contributed by atoms with van der Waals surface area (Å²) in [5, 5.41) is 5.45. The van der Waals surface area contributed by atoms with E-state index in [9.17, 15) is 24.0 Å². The molecule has 7 rings (SSSR count). The highest BCUT2D eigenvalue weighted by atomic mass is 16.6. The first kappa shape index (κ1) is 44.1. The Labute approximate surface area is 366 Å². The van der Waals surface area contributed by atoms with Crippen molar-refractivity contribution in [3.05, 3.63) is 108 Å². The number of methoxy groups -OCH3 is 1. The molecule has 2 aliphatic rings. The zero-order valence-electron chi connectivity index (χ0n) is 36.3. The van der Waals surface area contributed by atoms with E-state index in [2.05, 4.69) is 49.9 Å². The summed E-state index contributed by atoms with van der Waals surface area (Å²) >= 11 is 0. The molecule has 0 unspecified atom stereocenters. The van der Waals surface area contributed by atoms with Crippen molar-refractivity contribution in [1.82, 2.24) is 40.4 Å². The average molecular weight is 858 g/mol. The van der Waals surface area contributed by atoms with Crippen LogP contribution in [0.15, 0.2) is 85.2 Å². The number of aromatic amines is 2. The van der Waals surface area contributed by atoms with Gasteiger partial charge in [0.15, 0.2) is 5.60 Å². The summed E-state index contributed by atoms with van der Waals surface area (Å²) in [6.45, 7) is 8.26. The Morgan fingerprint density at radius 2 is 1.27 bits per heavy atom. The van der Waals surface area contributed by atoms with Gasteiger partial charge in [0.2, 0.25) is 11.8 Å². The lowest BCUT2D eigenvalue weighted by Gasteiger charge is -2.34. The fourth-order valence-corrected chi connectivity index (χ4v) is 8.55. The maximum absolute atomic E-state index is 14.2. The molecular formula is C47H55N9O7. The maximum Gasteiger partial charge on any atom is 0.407 e. The van der Waals surface area contributed by atoms with Crippen molar-refractivity contribution in [1.29, 1.82) is 0 Å². The molecule has 2 saturated heterocycles. The summed E-state index contributed by atoms with van der Waals surface area (Å²) in [7, 11) is 1.28.